The first-order valence-corrected chi connectivity index (χ1v) is 9.43. The smallest absolute Gasteiger partial charge is 0.196 e. The van der Waals surface area contributed by atoms with E-state index in [4.69, 9.17) is 12.2 Å². The lowest BCUT2D eigenvalue weighted by Gasteiger charge is -2.25. The number of thiophene rings is 1. The van der Waals surface area contributed by atoms with Gasteiger partial charge in [0.05, 0.1) is 0 Å². The van der Waals surface area contributed by atoms with Crippen LogP contribution in [0, 0.1) is 23.3 Å². The third-order valence-electron chi connectivity index (χ3n) is 4.21. The Morgan fingerprint density at radius 2 is 1.88 bits per heavy atom. The third-order valence-corrected chi connectivity index (χ3v) is 5.30. The minimum atomic E-state index is -1.73. The normalized spacial score (nSPS) is 15.8. The topological polar surface area (TPSA) is 18.5 Å². The fourth-order valence-electron chi connectivity index (χ4n) is 2.84. The van der Waals surface area contributed by atoms with E-state index in [1.807, 2.05) is 5.38 Å². The van der Waals surface area contributed by atoms with Crippen molar-refractivity contribution in [3.8, 4) is 0 Å². The lowest BCUT2D eigenvalue weighted by atomic mass is 10.2. The van der Waals surface area contributed by atoms with Crippen LogP contribution in [0.5, 0.6) is 0 Å². The van der Waals surface area contributed by atoms with Crippen LogP contribution in [0.4, 0.5) is 23.2 Å². The molecule has 1 aliphatic rings. The number of nitrogens with zero attached hydrogens (tertiary/aromatic N) is 2. The molecule has 2 aromatic rings. The average Bonchev–Trinajstić information content (AvgIpc) is 3.01. The maximum Gasteiger partial charge on any atom is 0.196 e. The molecule has 3 nitrogen and oxygen atoms in total. The summed E-state index contributed by atoms with van der Waals surface area (Å²) in [5.74, 6) is -6.14. The van der Waals surface area contributed by atoms with Crippen molar-refractivity contribution in [3.05, 3.63) is 51.7 Å². The number of hydrogen-bond acceptors (Lipinski definition) is 3. The van der Waals surface area contributed by atoms with E-state index >= 15 is 0 Å². The van der Waals surface area contributed by atoms with E-state index in [2.05, 4.69) is 21.7 Å². The molecule has 0 spiro atoms. The Labute approximate surface area is 158 Å². The summed E-state index contributed by atoms with van der Waals surface area (Å²) in [6.07, 6.45) is 0.828. The van der Waals surface area contributed by atoms with Crippen molar-refractivity contribution in [3.63, 3.8) is 0 Å². The Morgan fingerprint density at radius 1 is 1.08 bits per heavy atom. The summed E-state index contributed by atoms with van der Waals surface area (Å²) >= 11 is 6.86. The molecule has 1 aliphatic heterocycles. The highest BCUT2D eigenvalue weighted by Gasteiger charge is 2.22. The second kappa shape index (κ2) is 8.32. The standard InChI is InChI=1S/C17H17F4N3S2/c18-12-8-13(19)16(15(21)14(12)20)22-17(25)24-4-1-3-23(5-6-24)9-11-2-7-26-10-11/h2,7-8,10H,1,3-6,9H2,(H,22,25). The van der Waals surface area contributed by atoms with E-state index in [1.165, 1.54) is 5.56 Å². The van der Waals surface area contributed by atoms with Gasteiger partial charge >= 0.3 is 0 Å². The molecule has 1 aromatic carbocycles. The van der Waals surface area contributed by atoms with E-state index < -0.39 is 29.0 Å². The van der Waals surface area contributed by atoms with E-state index in [9.17, 15) is 17.6 Å². The lowest BCUT2D eigenvalue weighted by molar-refractivity contribution is 0.278. The molecule has 3 rings (SSSR count). The number of halogens is 4. The summed E-state index contributed by atoms with van der Waals surface area (Å²) < 4.78 is 54.0. The summed E-state index contributed by atoms with van der Waals surface area (Å²) in [4.78, 5) is 4.06. The van der Waals surface area contributed by atoms with Crippen LogP contribution in [0.3, 0.4) is 0 Å². The van der Waals surface area contributed by atoms with Crippen LogP contribution >= 0.6 is 23.6 Å². The zero-order valence-electron chi connectivity index (χ0n) is 13.8. The zero-order valence-corrected chi connectivity index (χ0v) is 15.4. The van der Waals surface area contributed by atoms with Crippen LogP contribution in [-0.2, 0) is 6.54 Å². The second-order valence-corrected chi connectivity index (χ2v) is 7.19. The van der Waals surface area contributed by atoms with Crippen molar-refractivity contribution in [1.29, 1.82) is 0 Å². The molecule has 1 saturated heterocycles. The molecule has 26 heavy (non-hydrogen) atoms. The van der Waals surface area contributed by atoms with Gasteiger partial charge in [0.15, 0.2) is 28.4 Å². The monoisotopic (exact) mass is 403 g/mol. The second-order valence-electron chi connectivity index (χ2n) is 6.02. The molecule has 0 bridgehead atoms. The molecule has 0 amide bonds. The number of thiocarbonyl (C=S) groups is 1. The van der Waals surface area contributed by atoms with Gasteiger partial charge in [0.1, 0.15) is 5.69 Å². The van der Waals surface area contributed by atoms with Crippen molar-refractivity contribution in [2.24, 2.45) is 0 Å². The molecule has 0 saturated carbocycles. The van der Waals surface area contributed by atoms with Crippen LogP contribution in [0.25, 0.3) is 0 Å². The zero-order chi connectivity index (χ0) is 18.7. The van der Waals surface area contributed by atoms with Crippen molar-refractivity contribution in [2.75, 3.05) is 31.5 Å². The summed E-state index contributed by atoms with van der Waals surface area (Å²) in [7, 11) is 0. The Morgan fingerprint density at radius 3 is 2.62 bits per heavy atom. The van der Waals surface area contributed by atoms with Crippen LogP contribution in [-0.4, -0.2) is 41.1 Å². The van der Waals surface area contributed by atoms with E-state index in [0.29, 0.717) is 19.2 Å². The molecule has 0 radical (unpaired) electrons. The van der Waals surface area contributed by atoms with Crippen LogP contribution < -0.4 is 5.32 Å². The molecule has 1 aromatic heterocycles. The fraction of sp³-hybridized carbons (Fsp3) is 0.353. The molecular formula is C17H17F4N3S2. The van der Waals surface area contributed by atoms with E-state index in [1.54, 1.807) is 16.2 Å². The molecule has 140 valence electrons. The van der Waals surface area contributed by atoms with E-state index in [-0.39, 0.29) is 5.11 Å². The van der Waals surface area contributed by atoms with Gasteiger partial charge in [-0.1, -0.05) is 0 Å². The minimum Gasteiger partial charge on any atom is -0.348 e. The number of anilines is 1. The highest BCUT2D eigenvalue weighted by Crippen LogP contribution is 2.24. The Kier molecular flexibility index (Phi) is 6.10. The van der Waals surface area contributed by atoms with Gasteiger partial charge in [-0.05, 0) is 41.0 Å². The summed E-state index contributed by atoms with van der Waals surface area (Å²) in [5.41, 5.74) is 0.475. The summed E-state index contributed by atoms with van der Waals surface area (Å²) in [6.45, 7) is 3.63. The highest BCUT2D eigenvalue weighted by molar-refractivity contribution is 7.80. The van der Waals surface area contributed by atoms with Gasteiger partial charge in [0, 0.05) is 38.8 Å². The van der Waals surface area contributed by atoms with Gasteiger partial charge in [-0.3, -0.25) is 4.90 Å². The van der Waals surface area contributed by atoms with Crippen molar-refractivity contribution >= 4 is 34.4 Å². The number of nitrogens with one attached hydrogen (secondary N) is 1. The summed E-state index contributed by atoms with van der Waals surface area (Å²) in [5, 5.41) is 6.61. The van der Waals surface area contributed by atoms with Gasteiger partial charge in [0.2, 0.25) is 0 Å². The predicted molar refractivity (Wildman–Crippen MR) is 98.3 cm³/mol. The first-order valence-electron chi connectivity index (χ1n) is 8.08. The molecule has 1 fully saturated rings. The van der Waals surface area contributed by atoms with Crippen molar-refractivity contribution in [1.82, 2.24) is 9.80 Å². The number of rotatable bonds is 3. The molecule has 0 unspecified atom stereocenters. The van der Waals surface area contributed by atoms with Gasteiger partial charge in [-0.25, -0.2) is 17.6 Å². The van der Waals surface area contributed by atoms with Crippen molar-refractivity contribution < 1.29 is 17.6 Å². The SMILES string of the molecule is Fc1cc(F)c(NC(=S)N2CCCN(Cc3ccsc3)CC2)c(F)c1F. The van der Waals surface area contributed by atoms with Crippen LogP contribution in [0.1, 0.15) is 12.0 Å². The van der Waals surface area contributed by atoms with E-state index in [0.717, 1.165) is 26.1 Å². The molecule has 0 atom stereocenters. The van der Waals surface area contributed by atoms with Gasteiger partial charge < -0.3 is 10.2 Å². The number of benzene rings is 1. The number of hydrogen-bond donors (Lipinski definition) is 1. The quantitative estimate of drug-likeness (QED) is 0.358. The average molecular weight is 403 g/mol. The van der Waals surface area contributed by atoms with Crippen LogP contribution in [0.15, 0.2) is 22.9 Å². The van der Waals surface area contributed by atoms with Crippen molar-refractivity contribution in [2.45, 2.75) is 13.0 Å². The molecule has 2 heterocycles. The largest absolute Gasteiger partial charge is 0.348 e. The first kappa shape index (κ1) is 19.1. The Hall–Kier alpha value is -1.71. The maximum absolute atomic E-state index is 13.8. The van der Waals surface area contributed by atoms with Gasteiger partial charge in [0.25, 0.3) is 0 Å². The predicted octanol–water partition coefficient (Wildman–Crippen LogP) is 4.21. The molecule has 0 aliphatic carbocycles. The first-order chi connectivity index (χ1) is 12.5. The third kappa shape index (κ3) is 4.33. The summed E-state index contributed by atoms with van der Waals surface area (Å²) in [6, 6.07) is 2.38. The maximum atomic E-state index is 13.8. The Bertz CT molecular complexity index is 783. The molecule has 9 heteroatoms. The molecular weight excluding hydrogens is 386 g/mol. The molecule has 1 N–H and O–H groups in total. The minimum absolute atomic E-state index is 0.0891. The fourth-order valence-corrected chi connectivity index (χ4v) is 3.78. The lowest BCUT2D eigenvalue weighted by Crippen LogP contribution is -2.38. The highest BCUT2D eigenvalue weighted by atomic mass is 32.1. The van der Waals surface area contributed by atoms with Gasteiger partial charge in [-0.2, -0.15) is 11.3 Å². The Balaban J connectivity index is 1.63. The van der Waals surface area contributed by atoms with Crippen LogP contribution in [0.2, 0.25) is 0 Å². The van der Waals surface area contributed by atoms with Gasteiger partial charge in [-0.15, -0.1) is 0 Å².